The number of hydrogen-bond donors (Lipinski definition) is 1. The maximum atomic E-state index is 12.2. The first-order valence-corrected chi connectivity index (χ1v) is 9.72. The Kier molecular flexibility index (Phi) is 4.44. The molecule has 6 nitrogen and oxygen atoms in total. The van der Waals surface area contributed by atoms with Crippen molar-refractivity contribution in [1.29, 1.82) is 0 Å². The Morgan fingerprint density at radius 1 is 1.13 bits per heavy atom. The van der Waals surface area contributed by atoms with Crippen molar-refractivity contribution in [1.82, 2.24) is 14.9 Å². The van der Waals surface area contributed by atoms with E-state index < -0.39 is 15.9 Å². The number of rotatable bonds is 4. The van der Waals surface area contributed by atoms with Crippen LogP contribution in [0, 0.1) is 0 Å². The molecule has 0 aliphatic heterocycles. The smallest absolute Gasteiger partial charge is 0.267 e. The number of sulfonamides is 1. The summed E-state index contributed by atoms with van der Waals surface area (Å²) in [5.41, 5.74) is 0.581. The maximum absolute atomic E-state index is 12.2. The topological polar surface area (TPSA) is 89.0 Å². The molecular weight excluding hydrogens is 378 g/mol. The zero-order chi connectivity index (χ0) is 16.4. The number of nitrogens with one attached hydrogen (secondary N) is 1. The molecule has 118 valence electrons. The van der Waals surface area contributed by atoms with Gasteiger partial charge in [-0.05, 0) is 17.5 Å². The van der Waals surface area contributed by atoms with Gasteiger partial charge in [0.15, 0.2) is 0 Å². The number of nitrogens with zero attached hydrogens (tertiary/aromatic N) is 2. The third-order valence-corrected chi connectivity index (χ3v) is 6.57. The highest BCUT2D eigenvalue weighted by Crippen LogP contribution is 2.31. The zero-order valence-electron chi connectivity index (χ0n) is 11.3. The molecule has 0 saturated carbocycles. The van der Waals surface area contributed by atoms with Crippen LogP contribution in [0.3, 0.4) is 0 Å². The van der Waals surface area contributed by atoms with Gasteiger partial charge in [0, 0.05) is 5.56 Å². The van der Waals surface area contributed by atoms with Gasteiger partial charge in [-0.1, -0.05) is 47.2 Å². The number of halogens is 1. The average molecular weight is 386 g/mol. The van der Waals surface area contributed by atoms with Crippen molar-refractivity contribution in [3.63, 3.8) is 0 Å². The van der Waals surface area contributed by atoms with Gasteiger partial charge in [-0.15, -0.1) is 21.5 Å². The summed E-state index contributed by atoms with van der Waals surface area (Å²) < 4.78 is 26.1. The molecule has 10 heteroatoms. The van der Waals surface area contributed by atoms with Gasteiger partial charge in [-0.25, -0.2) is 4.72 Å². The molecule has 0 unspecified atom stereocenters. The summed E-state index contributed by atoms with van der Waals surface area (Å²) >= 11 is 8.04. The van der Waals surface area contributed by atoms with Crippen LogP contribution in [-0.2, 0) is 10.0 Å². The van der Waals surface area contributed by atoms with Crippen molar-refractivity contribution in [2.24, 2.45) is 0 Å². The third-order valence-electron chi connectivity index (χ3n) is 2.71. The summed E-state index contributed by atoms with van der Waals surface area (Å²) in [4.78, 5) is 12.2. The quantitative estimate of drug-likeness (QED) is 0.745. The highest BCUT2D eigenvalue weighted by molar-refractivity contribution is 7.92. The first-order valence-electron chi connectivity index (χ1n) is 6.16. The summed E-state index contributed by atoms with van der Waals surface area (Å²) in [6.07, 6.45) is 0. The minimum absolute atomic E-state index is 0.294. The molecule has 1 aromatic carbocycles. The van der Waals surface area contributed by atoms with Crippen molar-refractivity contribution >= 4 is 50.2 Å². The average Bonchev–Trinajstić information content (AvgIpc) is 3.19. The molecule has 0 radical (unpaired) electrons. The van der Waals surface area contributed by atoms with Gasteiger partial charge in [0.25, 0.3) is 20.3 Å². The van der Waals surface area contributed by atoms with Crippen LogP contribution >= 0.6 is 34.3 Å². The van der Waals surface area contributed by atoms with Gasteiger partial charge in [-0.2, -0.15) is 8.42 Å². The number of carbonyl (C=O) groups excluding carboxylic acids is 1. The molecule has 0 aliphatic rings. The molecule has 0 saturated heterocycles. The number of hydrogen-bond acceptors (Lipinski definition) is 7. The minimum Gasteiger partial charge on any atom is -0.267 e. The van der Waals surface area contributed by atoms with E-state index in [1.165, 1.54) is 6.07 Å². The highest BCUT2D eigenvalue weighted by atomic mass is 35.5. The molecule has 3 rings (SSSR count). The van der Waals surface area contributed by atoms with E-state index in [0.29, 0.717) is 20.5 Å². The van der Waals surface area contributed by atoms with E-state index >= 15 is 0 Å². The molecule has 2 heterocycles. The molecule has 2 aromatic heterocycles. The second-order valence-electron chi connectivity index (χ2n) is 4.26. The summed E-state index contributed by atoms with van der Waals surface area (Å²) in [5.74, 6) is -0.700. The summed E-state index contributed by atoms with van der Waals surface area (Å²) in [6, 6.07) is 10.1. The Morgan fingerprint density at radius 2 is 1.91 bits per heavy atom. The lowest BCUT2D eigenvalue weighted by Crippen LogP contribution is -2.29. The predicted molar refractivity (Wildman–Crippen MR) is 89.3 cm³/mol. The van der Waals surface area contributed by atoms with Gasteiger partial charge in [0.05, 0.1) is 9.90 Å². The molecule has 3 aromatic rings. The van der Waals surface area contributed by atoms with E-state index in [-0.39, 0.29) is 4.34 Å². The van der Waals surface area contributed by atoms with Crippen LogP contribution in [0.2, 0.25) is 5.02 Å². The van der Waals surface area contributed by atoms with Crippen LogP contribution in [0.15, 0.2) is 46.1 Å². The Bertz CT molecular complexity index is 952. The number of amides is 1. The van der Waals surface area contributed by atoms with Crippen molar-refractivity contribution in [2.75, 3.05) is 0 Å². The first kappa shape index (κ1) is 16.1. The lowest BCUT2D eigenvalue weighted by Gasteiger charge is -2.01. The van der Waals surface area contributed by atoms with Crippen molar-refractivity contribution in [2.45, 2.75) is 4.34 Å². The SMILES string of the molecule is O=C(NS(=O)(=O)c1nnc(-c2ccccc2Cl)s1)c1cccs1. The number of thiophene rings is 1. The van der Waals surface area contributed by atoms with Crippen LogP contribution in [0.5, 0.6) is 0 Å². The molecule has 0 fully saturated rings. The molecule has 0 bridgehead atoms. The van der Waals surface area contributed by atoms with Gasteiger partial charge in [0.1, 0.15) is 5.01 Å². The second kappa shape index (κ2) is 6.36. The largest absolute Gasteiger partial charge is 0.293 e. The molecule has 0 spiro atoms. The monoisotopic (exact) mass is 385 g/mol. The minimum atomic E-state index is -4.08. The first-order chi connectivity index (χ1) is 11.0. The van der Waals surface area contributed by atoms with Crippen LogP contribution in [0.25, 0.3) is 10.6 Å². The molecule has 1 N–H and O–H groups in total. The predicted octanol–water partition coefficient (Wildman–Crippen LogP) is 3.04. The molecule has 0 atom stereocenters. The maximum Gasteiger partial charge on any atom is 0.293 e. The number of benzene rings is 1. The molecule has 0 aliphatic carbocycles. The van der Waals surface area contributed by atoms with E-state index in [9.17, 15) is 13.2 Å². The number of carbonyl (C=O) groups is 1. The van der Waals surface area contributed by atoms with E-state index in [2.05, 4.69) is 10.2 Å². The fraction of sp³-hybridized carbons (Fsp3) is 0. The van der Waals surface area contributed by atoms with Crippen LogP contribution in [-0.4, -0.2) is 24.5 Å². The van der Waals surface area contributed by atoms with Crippen molar-refractivity contribution in [3.05, 3.63) is 51.7 Å². The molecular formula is C13H8ClN3O3S3. The second-order valence-corrected chi connectivity index (χ2v) is 8.45. The highest BCUT2D eigenvalue weighted by Gasteiger charge is 2.24. The summed E-state index contributed by atoms with van der Waals surface area (Å²) in [6.45, 7) is 0. The third kappa shape index (κ3) is 3.42. The van der Waals surface area contributed by atoms with Crippen molar-refractivity contribution < 1.29 is 13.2 Å². The number of aromatic nitrogens is 2. The van der Waals surface area contributed by atoms with Crippen LogP contribution in [0.4, 0.5) is 0 Å². The summed E-state index contributed by atoms with van der Waals surface area (Å²) in [5, 5.41) is 9.97. The normalized spacial score (nSPS) is 11.3. The summed E-state index contributed by atoms with van der Waals surface area (Å²) in [7, 11) is -4.08. The van der Waals surface area contributed by atoms with Crippen LogP contribution < -0.4 is 4.72 Å². The van der Waals surface area contributed by atoms with E-state index in [0.717, 1.165) is 22.7 Å². The fourth-order valence-electron chi connectivity index (χ4n) is 1.69. The Morgan fingerprint density at radius 3 is 2.61 bits per heavy atom. The lowest BCUT2D eigenvalue weighted by atomic mass is 10.2. The van der Waals surface area contributed by atoms with E-state index in [1.54, 1.807) is 35.7 Å². The fourth-order valence-corrected chi connectivity index (χ4v) is 4.66. The van der Waals surface area contributed by atoms with E-state index in [1.807, 2.05) is 4.72 Å². The Balaban J connectivity index is 1.87. The van der Waals surface area contributed by atoms with Crippen LogP contribution in [0.1, 0.15) is 9.67 Å². The standard InChI is InChI=1S/C13H8ClN3O3S3/c14-9-5-2-1-4-8(9)12-15-16-13(22-12)23(19,20)17-11(18)10-6-3-7-21-10/h1-7H,(H,17,18). The lowest BCUT2D eigenvalue weighted by molar-refractivity contribution is 0.0985. The van der Waals surface area contributed by atoms with Crippen molar-refractivity contribution in [3.8, 4) is 10.6 Å². The Hall–Kier alpha value is -1.81. The van der Waals surface area contributed by atoms with Gasteiger partial charge >= 0.3 is 0 Å². The Labute approximate surface area is 144 Å². The molecule has 1 amide bonds. The zero-order valence-corrected chi connectivity index (χ0v) is 14.5. The van der Waals surface area contributed by atoms with Gasteiger partial charge in [-0.3, -0.25) is 4.79 Å². The van der Waals surface area contributed by atoms with Gasteiger partial charge in [0.2, 0.25) is 0 Å². The van der Waals surface area contributed by atoms with Gasteiger partial charge < -0.3 is 0 Å². The molecule has 23 heavy (non-hydrogen) atoms. The van der Waals surface area contributed by atoms with E-state index in [4.69, 9.17) is 11.6 Å².